The fourth-order valence-electron chi connectivity index (χ4n) is 2.54. The summed E-state index contributed by atoms with van der Waals surface area (Å²) in [7, 11) is 0. The molecule has 1 aromatic carbocycles. The molecule has 0 radical (unpaired) electrons. The number of rotatable bonds is 2. The summed E-state index contributed by atoms with van der Waals surface area (Å²) in [5.74, 6) is 0. The van der Waals surface area contributed by atoms with Gasteiger partial charge in [-0.05, 0) is 26.3 Å². The number of nitro benzene ring substituents is 1. The highest BCUT2D eigenvalue weighted by molar-refractivity contribution is 5.69. The van der Waals surface area contributed by atoms with Crippen molar-refractivity contribution in [3.63, 3.8) is 0 Å². The van der Waals surface area contributed by atoms with Gasteiger partial charge in [-0.15, -0.1) is 0 Å². The van der Waals surface area contributed by atoms with Crippen molar-refractivity contribution in [3.8, 4) is 0 Å². The maximum Gasteiger partial charge on any atom is 0.292 e. The summed E-state index contributed by atoms with van der Waals surface area (Å²) in [6, 6.07) is 5.26. The Kier molecular flexibility index (Phi) is 3.26. The van der Waals surface area contributed by atoms with E-state index in [2.05, 4.69) is 24.1 Å². The topological polar surface area (TPSA) is 58.4 Å². The van der Waals surface area contributed by atoms with Crippen LogP contribution in [0.25, 0.3) is 0 Å². The van der Waals surface area contributed by atoms with Gasteiger partial charge in [0, 0.05) is 31.2 Å². The van der Waals surface area contributed by atoms with E-state index >= 15 is 0 Å². The van der Waals surface area contributed by atoms with Crippen LogP contribution in [0.15, 0.2) is 18.2 Å². The first kappa shape index (κ1) is 12.8. The molecule has 18 heavy (non-hydrogen) atoms. The second-order valence-electron chi connectivity index (χ2n) is 5.34. The van der Waals surface area contributed by atoms with Crippen molar-refractivity contribution in [2.24, 2.45) is 0 Å². The van der Waals surface area contributed by atoms with Gasteiger partial charge in [-0.2, -0.15) is 0 Å². The summed E-state index contributed by atoms with van der Waals surface area (Å²) in [5.41, 5.74) is 1.80. The van der Waals surface area contributed by atoms with Crippen LogP contribution >= 0.6 is 0 Å². The highest BCUT2D eigenvalue weighted by atomic mass is 16.6. The summed E-state index contributed by atoms with van der Waals surface area (Å²) >= 11 is 0. The van der Waals surface area contributed by atoms with Gasteiger partial charge in [-0.1, -0.05) is 12.1 Å². The van der Waals surface area contributed by atoms with Gasteiger partial charge in [0.25, 0.3) is 5.69 Å². The van der Waals surface area contributed by atoms with E-state index in [1.54, 1.807) is 12.1 Å². The Hall–Kier alpha value is -1.62. The largest absolute Gasteiger partial charge is 0.358 e. The van der Waals surface area contributed by atoms with Crippen LogP contribution in [-0.4, -0.2) is 30.1 Å². The SMILES string of the molecule is Cc1cccc([N+](=O)[O-])c1N1CCNCC1(C)C. The Bertz CT molecular complexity index is 471. The predicted molar refractivity (Wildman–Crippen MR) is 72.1 cm³/mol. The molecule has 5 nitrogen and oxygen atoms in total. The molecule has 0 bridgehead atoms. The molecule has 1 heterocycles. The molecule has 0 amide bonds. The number of para-hydroxylation sites is 1. The molecule has 0 aromatic heterocycles. The third kappa shape index (κ3) is 2.18. The Labute approximate surface area is 107 Å². The number of hydrogen-bond acceptors (Lipinski definition) is 4. The van der Waals surface area contributed by atoms with E-state index in [-0.39, 0.29) is 16.1 Å². The van der Waals surface area contributed by atoms with E-state index < -0.39 is 0 Å². The monoisotopic (exact) mass is 249 g/mol. The average molecular weight is 249 g/mol. The molecule has 0 unspecified atom stereocenters. The lowest BCUT2D eigenvalue weighted by Gasteiger charge is -2.44. The summed E-state index contributed by atoms with van der Waals surface area (Å²) in [6.45, 7) is 8.62. The Morgan fingerprint density at radius 3 is 2.78 bits per heavy atom. The molecule has 0 atom stereocenters. The highest BCUT2D eigenvalue weighted by Crippen LogP contribution is 2.36. The quantitative estimate of drug-likeness (QED) is 0.644. The van der Waals surface area contributed by atoms with Gasteiger partial charge in [0.05, 0.1) is 4.92 Å². The molecule has 1 fully saturated rings. The van der Waals surface area contributed by atoms with Gasteiger partial charge in [0.1, 0.15) is 5.69 Å². The Balaban J connectivity index is 2.52. The fourth-order valence-corrected chi connectivity index (χ4v) is 2.54. The van der Waals surface area contributed by atoms with E-state index in [1.807, 2.05) is 13.0 Å². The summed E-state index contributed by atoms with van der Waals surface area (Å²) in [6.07, 6.45) is 0. The van der Waals surface area contributed by atoms with Gasteiger partial charge in [-0.3, -0.25) is 10.1 Å². The molecule has 2 rings (SSSR count). The number of aryl methyl sites for hydroxylation is 1. The van der Waals surface area contributed by atoms with Crippen molar-refractivity contribution in [2.75, 3.05) is 24.5 Å². The molecular weight excluding hydrogens is 230 g/mol. The number of hydrogen-bond donors (Lipinski definition) is 1. The average Bonchev–Trinajstić information content (AvgIpc) is 2.29. The summed E-state index contributed by atoms with van der Waals surface area (Å²) < 4.78 is 0. The number of nitrogens with one attached hydrogen (secondary N) is 1. The molecule has 1 saturated heterocycles. The minimum absolute atomic E-state index is 0.116. The predicted octanol–water partition coefficient (Wildman–Crippen LogP) is 2.09. The highest BCUT2D eigenvalue weighted by Gasteiger charge is 2.34. The maximum absolute atomic E-state index is 11.2. The Morgan fingerprint density at radius 1 is 1.44 bits per heavy atom. The van der Waals surface area contributed by atoms with E-state index in [1.165, 1.54) is 0 Å². The molecule has 1 aliphatic rings. The number of anilines is 1. The lowest BCUT2D eigenvalue weighted by molar-refractivity contribution is -0.384. The first-order valence-electron chi connectivity index (χ1n) is 6.16. The second-order valence-corrected chi connectivity index (χ2v) is 5.34. The summed E-state index contributed by atoms with van der Waals surface area (Å²) in [4.78, 5) is 13.0. The lowest BCUT2D eigenvalue weighted by Crippen LogP contribution is -2.58. The fraction of sp³-hybridized carbons (Fsp3) is 0.538. The van der Waals surface area contributed by atoms with Crippen molar-refractivity contribution in [1.29, 1.82) is 0 Å². The van der Waals surface area contributed by atoms with Gasteiger partial charge in [-0.25, -0.2) is 0 Å². The third-order valence-corrected chi connectivity index (χ3v) is 3.48. The zero-order valence-electron chi connectivity index (χ0n) is 11.1. The zero-order chi connectivity index (χ0) is 13.3. The molecule has 98 valence electrons. The number of nitro groups is 1. The van der Waals surface area contributed by atoms with Crippen LogP contribution in [0.2, 0.25) is 0 Å². The molecule has 0 aliphatic carbocycles. The van der Waals surface area contributed by atoms with Gasteiger partial charge in [0.2, 0.25) is 0 Å². The minimum atomic E-state index is -0.291. The van der Waals surface area contributed by atoms with Crippen LogP contribution in [0, 0.1) is 17.0 Å². The number of nitrogens with zero attached hydrogens (tertiary/aromatic N) is 2. The van der Waals surface area contributed by atoms with Crippen LogP contribution in [0.5, 0.6) is 0 Å². The van der Waals surface area contributed by atoms with E-state index in [4.69, 9.17) is 0 Å². The van der Waals surface area contributed by atoms with Gasteiger partial charge >= 0.3 is 0 Å². The number of benzene rings is 1. The van der Waals surface area contributed by atoms with Crippen molar-refractivity contribution in [3.05, 3.63) is 33.9 Å². The normalized spacial score (nSPS) is 18.7. The zero-order valence-corrected chi connectivity index (χ0v) is 11.1. The molecule has 1 aromatic rings. The van der Waals surface area contributed by atoms with Crippen LogP contribution < -0.4 is 10.2 Å². The first-order chi connectivity index (χ1) is 8.43. The van der Waals surface area contributed by atoms with E-state index in [9.17, 15) is 10.1 Å². The van der Waals surface area contributed by atoms with Crippen LogP contribution in [-0.2, 0) is 0 Å². The molecule has 0 saturated carbocycles. The number of piperazine rings is 1. The second kappa shape index (κ2) is 4.57. The Morgan fingerprint density at radius 2 is 2.17 bits per heavy atom. The third-order valence-electron chi connectivity index (χ3n) is 3.48. The molecule has 5 heteroatoms. The smallest absolute Gasteiger partial charge is 0.292 e. The van der Waals surface area contributed by atoms with Gasteiger partial charge < -0.3 is 10.2 Å². The van der Waals surface area contributed by atoms with E-state index in [0.29, 0.717) is 0 Å². The van der Waals surface area contributed by atoms with Crippen molar-refractivity contribution >= 4 is 11.4 Å². The molecule has 1 N–H and O–H groups in total. The maximum atomic E-state index is 11.2. The molecule has 0 spiro atoms. The summed E-state index contributed by atoms with van der Waals surface area (Å²) in [5, 5.41) is 14.5. The van der Waals surface area contributed by atoms with Crippen molar-refractivity contribution < 1.29 is 4.92 Å². The van der Waals surface area contributed by atoms with Crippen molar-refractivity contribution in [2.45, 2.75) is 26.3 Å². The lowest BCUT2D eigenvalue weighted by atomic mass is 9.97. The van der Waals surface area contributed by atoms with Gasteiger partial charge in [0.15, 0.2) is 0 Å². The van der Waals surface area contributed by atoms with Crippen LogP contribution in [0.3, 0.4) is 0 Å². The van der Waals surface area contributed by atoms with Crippen molar-refractivity contribution in [1.82, 2.24) is 5.32 Å². The molecular formula is C13H19N3O2. The van der Waals surface area contributed by atoms with Crippen LogP contribution in [0.4, 0.5) is 11.4 Å². The first-order valence-corrected chi connectivity index (χ1v) is 6.16. The minimum Gasteiger partial charge on any atom is -0.358 e. The van der Waals surface area contributed by atoms with E-state index in [0.717, 1.165) is 30.9 Å². The van der Waals surface area contributed by atoms with Crippen LogP contribution in [0.1, 0.15) is 19.4 Å². The standard InChI is InChI=1S/C13H19N3O2/c1-10-5-4-6-11(16(17)18)12(10)15-8-7-14-9-13(15,2)3/h4-6,14H,7-9H2,1-3H3. The molecule has 1 aliphatic heterocycles.